The minimum Gasteiger partial charge on any atom is -0.444 e. The van der Waals surface area contributed by atoms with E-state index in [-0.39, 0.29) is 5.82 Å². The number of hydrogen-bond acceptors (Lipinski definition) is 4. The van der Waals surface area contributed by atoms with Crippen molar-refractivity contribution in [2.45, 2.75) is 0 Å². The molecule has 18 heavy (non-hydrogen) atoms. The number of oxazole rings is 1. The lowest BCUT2D eigenvalue weighted by Gasteiger charge is -2.29. The summed E-state index contributed by atoms with van der Waals surface area (Å²) in [5, 5.41) is 3.25. The van der Waals surface area contributed by atoms with E-state index >= 15 is 0 Å². The Bertz CT molecular complexity index is 521. The average Bonchev–Trinajstić information content (AvgIpc) is 2.94. The van der Waals surface area contributed by atoms with Gasteiger partial charge in [0.1, 0.15) is 5.82 Å². The second-order valence-corrected chi connectivity index (χ2v) is 4.27. The highest BCUT2D eigenvalue weighted by Crippen LogP contribution is 2.27. The molecule has 1 fully saturated rings. The zero-order valence-electron chi connectivity index (χ0n) is 9.90. The molecule has 2 heterocycles. The maximum Gasteiger partial charge on any atom is 0.181 e. The summed E-state index contributed by atoms with van der Waals surface area (Å²) in [6.07, 6.45) is 3.01. The van der Waals surface area contributed by atoms with Crippen LogP contribution in [0, 0.1) is 5.82 Å². The van der Waals surface area contributed by atoms with Gasteiger partial charge in [0, 0.05) is 31.7 Å². The van der Waals surface area contributed by atoms with Gasteiger partial charge in [-0.15, -0.1) is 0 Å². The van der Waals surface area contributed by atoms with Crippen LogP contribution in [0.1, 0.15) is 0 Å². The van der Waals surface area contributed by atoms with Crippen LogP contribution in [0.4, 0.5) is 10.1 Å². The van der Waals surface area contributed by atoms with Crippen LogP contribution >= 0.6 is 0 Å². The molecule has 5 heteroatoms. The Hall–Kier alpha value is -1.88. The van der Waals surface area contributed by atoms with Gasteiger partial charge in [0.05, 0.1) is 11.9 Å². The molecule has 0 saturated carbocycles. The van der Waals surface area contributed by atoms with Gasteiger partial charge in [0.15, 0.2) is 12.2 Å². The molecule has 1 saturated heterocycles. The monoisotopic (exact) mass is 247 g/mol. The van der Waals surface area contributed by atoms with Crippen molar-refractivity contribution in [1.29, 1.82) is 0 Å². The number of anilines is 1. The summed E-state index contributed by atoms with van der Waals surface area (Å²) < 4.78 is 19.1. The molecule has 3 rings (SSSR count). The van der Waals surface area contributed by atoms with Crippen LogP contribution < -0.4 is 10.2 Å². The fourth-order valence-electron chi connectivity index (χ4n) is 2.17. The van der Waals surface area contributed by atoms with Gasteiger partial charge in [-0.3, -0.25) is 0 Å². The van der Waals surface area contributed by atoms with Gasteiger partial charge < -0.3 is 14.6 Å². The van der Waals surface area contributed by atoms with E-state index in [1.54, 1.807) is 12.3 Å². The van der Waals surface area contributed by atoms with Crippen LogP contribution in [-0.4, -0.2) is 31.2 Å². The minimum atomic E-state index is -0.194. The Kier molecular flexibility index (Phi) is 2.98. The van der Waals surface area contributed by atoms with Crippen LogP contribution in [0.15, 0.2) is 35.2 Å². The molecule has 1 aliphatic rings. The first-order chi connectivity index (χ1) is 8.84. The van der Waals surface area contributed by atoms with Gasteiger partial charge in [-0.05, 0) is 18.2 Å². The lowest BCUT2D eigenvalue weighted by atomic mass is 10.1. The molecule has 1 N–H and O–H groups in total. The van der Waals surface area contributed by atoms with Crippen molar-refractivity contribution in [2.75, 3.05) is 31.1 Å². The lowest BCUT2D eigenvalue weighted by molar-refractivity contribution is 0.563. The van der Waals surface area contributed by atoms with Gasteiger partial charge in [0.2, 0.25) is 0 Å². The van der Waals surface area contributed by atoms with E-state index in [1.807, 2.05) is 11.0 Å². The molecule has 1 aliphatic heterocycles. The van der Waals surface area contributed by atoms with E-state index in [4.69, 9.17) is 4.42 Å². The molecular weight excluding hydrogens is 233 g/mol. The Labute approximate surface area is 104 Å². The number of nitrogens with one attached hydrogen (secondary N) is 1. The summed E-state index contributed by atoms with van der Waals surface area (Å²) in [5.74, 6) is 0.464. The van der Waals surface area contributed by atoms with E-state index < -0.39 is 0 Å². The van der Waals surface area contributed by atoms with Gasteiger partial charge in [-0.1, -0.05) is 0 Å². The maximum atomic E-state index is 13.9. The van der Waals surface area contributed by atoms with Gasteiger partial charge in [0.25, 0.3) is 0 Å². The van der Waals surface area contributed by atoms with E-state index in [0.29, 0.717) is 11.4 Å². The third-order valence-electron chi connectivity index (χ3n) is 3.12. The third kappa shape index (κ3) is 2.09. The van der Waals surface area contributed by atoms with Crippen LogP contribution in [0.25, 0.3) is 11.3 Å². The van der Waals surface area contributed by atoms with Crippen LogP contribution in [0.3, 0.4) is 0 Å². The Morgan fingerprint density at radius 1 is 1.28 bits per heavy atom. The Morgan fingerprint density at radius 3 is 2.83 bits per heavy atom. The predicted octanol–water partition coefficient (Wildman–Crippen LogP) is 1.89. The molecule has 1 aromatic carbocycles. The largest absolute Gasteiger partial charge is 0.444 e. The standard InChI is InChI=1S/C13H14FN3O/c14-11-2-1-10(13-8-16-9-18-13)7-12(11)17-5-3-15-4-6-17/h1-2,7-9,15H,3-6H2. The van der Waals surface area contributed by atoms with Crippen molar-refractivity contribution in [2.24, 2.45) is 0 Å². The highest BCUT2D eigenvalue weighted by atomic mass is 19.1. The zero-order chi connectivity index (χ0) is 12.4. The number of aromatic nitrogens is 1. The van der Waals surface area contributed by atoms with Crippen molar-refractivity contribution in [3.8, 4) is 11.3 Å². The third-order valence-corrected chi connectivity index (χ3v) is 3.12. The van der Waals surface area contributed by atoms with E-state index in [2.05, 4.69) is 10.3 Å². The molecule has 2 aromatic rings. The smallest absolute Gasteiger partial charge is 0.181 e. The van der Waals surface area contributed by atoms with Crippen molar-refractivity contribution in [3.05, 3.63) is 36.6 Å². The Morgan fingerprint density at radius 2 is 2.11 bits per heavy atom. The first-order valence-corrected chi connectivity index (χ1v) is 5.99. The van der Waals surface area contributed by atoms with Gasteiger partial charge in [-0.2, -0.15) is 0 Å². The summed E-state index contributed by atoms with van der Waals surface area (Å²) in [4.78, 5) is 5.93. The predicted molar refractivity (Wildman–Crippen MR) is 67.0 cm³/mol. The first-order valence-electron chi connectivity index (χ1n) is 5.99. The summed E-state index contributed by atoms with van der Waals surface area (Å²) in [5.41, 5.74) is 1.48. The quantitative estimate of drug-likeness (QED) is 0.880. The van der Waals surface area contributed by atoms with E-state index in [1.165, 1.54) is 12.5 Å². The van der Waals surface area contributed by atoms with E-state index in [9.17, 15) is 4.39 Å². The molecule has 0 atom stereocenters. The fourth-order valence-corrected chi connectivity index (χ4v) is 2.17. The molecule has 0 radical (unpaired) electrons. The lowest BCUT2D eigenvalue weighted by Crippen LogP contribution is -2.43. The highest BCUT2D eigenvalue weighted by molar-refractivity contribution is 5.64. The van der Waals surface area contributed by atoms with Crippen molar-refractivity contribution in [1.82, 2.24) is 10.3 Å². The first kappa shape index (κ1) is 11.2. The number of halogens is 1. The number of piperazine rings is 1. The summed E-state index contributed by atoms with van der Waals surface area (Å²) >= 11 is 0. The molecular formula is C13H14FN3O. The number of hydrogen-bond donors (Lipinski definition) is 1. The minimum absolute atomic E-state index is 0.194. The van der Waals surface area contributed by atoms with Gasteiger partial charge >= 0.3 is 0 Å². The normalized spacial score (nSPS) is 15.9. The fraction of sp³-hybridized carbons (Fsp3) is 0.308. The molecule has 0 aliphatic carbocycles. The summed E-state index contributed by atoms with van der Waals surface area (Å²) in [6.45, 7) is 3.39. The van der Waals surface area contributed by atoms with Crippen LogP contribution in [0.2, 0.25) is 0 Å². The van der Waals surface area contributed by atoms with Gasteiger partial charge in [-0.25, -0.2) is 9.37 Å². The number of benzene rings is 1. The molecule has 0 bridgehead atoms. The van der Waals surface area contributed by atoms with Crippen molar-refractivity contribution in [3.63, 3.8) is 0 Å². The second-order valence-electron chi connectivity index (χ2n) is 4.27. The number of nitrogens with zero attached hydrogens (tertiary/aromatic N) is 2. The Balaban J connectivity index is 1.95. The van der Waals surface area contributed by atoms with Crippen molar-refractivity contribution < 1.29 is 8.81 Å². The second kappa shape index (κ2) is 4.78. The molecule has 0 spiro atoms. The average molecular weight is 247 g/mol. The van der Waals surface area contributed by atoms with Crippen LogP contribution in [-0.2, 0) is 0 Å². The molecule has 4 nitrogen and oxygen atoms in total. The molecule has 0 unspecified atom stereocenters. The van der Waals surface area contributed by atoms with Crippen molar-refractivity contribution >= 4 is 5.69 Å². The highest BCUT2D eigenvalue weighted by Gasteiger charge is 2.15. The molecule has 0 amide bonds. The van der Waals surface area contributed by atoms with Crippen LogP contribution in [0.5, 0.6) is 0 Å². The summed E-state index contributed by atoms with van der Waals surface area (Å²) in [7, 11) is 0. The number of rotatable bonds is 2. The summed E-state index contributed by atoms with van der Waals surface area (Å²) in [6, 6.07) is 5.01. The maximum absolute atomic E-state index is 13.9. The molecule has 94 valence electrons. The SMILES string of the molecule is Fc1ccc(-c2cnco2)cc1N1CCNCC1. The molecule has 1 aromatic heterocycles. The zero-order valence-corrected chi connectivity index (χ0v) is 9.90. The van der Waals surface area contributed by atoms with E-state index in [0.717, 1.165) is 31.7 Å². The topological polar surface area (TPSA) is 41.3 Å².